The van der Waals surface area contributed by atoms with Gasteiger partial charge in [0.1, 0.15) is 5.60 Å². The van der Waals surface area contributed by atoms with Gasteiger partial charge in [-0.2, -0.15) is 0 Å². The van der Waals surface area contributed by atoms with Crippen molar-refractivity contribution in [3.8, 4) is 0 Å². The summed E-state index contributed by atoms with van der Waals surface area (Å²) in [5.74, 6) is 0.696. The topological polar surface area (TPSA) is 92.0 Å². The van der Waals surface area contributed by atoms with Crippen LogP contribution in [-0.2, 0) is 9.53 Å². The first-order valence-corrected chi connectivity index (χ1v) is 9.55. The molecule has 0 aliphatic carbocycles. The van der Waals surface area contributed by atoms with Crippen LogP contribution in [0.4, 0.5) is 10.8 Å². The number of anilines is 1. The molecule has 0 N–H and O–H groups in total. The third kappa shape index (κ3) is 4.90. The smallest absolute Gasteiger partial charge is 0.410 e. The Balaban J connectivity index is 1.45. The minimum atomic E-state index is -0.500. The summed E-state index contributed by atoms with van der Waals surface area (Å²) in [6.07, 6.45) is 1.07. The van der Waals surface area contributed by atoms with Gasteiger partial charge in [0.05, 0.1) is 0 Å². The third-order valence-electron chi connectivity index (χ3n) is 4.87. The van der Waals surface area contributed by atoms with Crippen LogP contribution in [0, 0.1) is 12.8 Å². The number of amides is 2. The molecule has 0 radical (unpaired) electrons. The molecule has 2 amide bonds. The second kappa shape index (κ2) is 7.74. The number of carbonyl (C=O) groups is 2. The van der Waals surface area contributed by atoms with Crippen molar-refractivity contribution in [1.82, 2.24) is 20.0 Å². The number of hydrogen-bond acceptors (Lipinski definition) is 7. The summed E-state index contributed by atoms with van der Waals surface area (Å²) in [5, 5.41) is 7.89. The molecule has 2 saturated heterocycles. The maximum Gasteiger partial charge on any atom is 0.410 e. The Hall–Kier alpha value is -2.32. The average Bonchev–Trinajstić information content (AvgIpc) is 3.06. The highest BCUT2D eigenvalue weighted by Gasteiger charge is 2.33. The van der Waals surface area contributed by atoms with E-state index in [1.54, 1.807) is 11.8 Å². The van der Waals surface area contributed by atoms with Crippen LogP contribution in [0.5, 0.6) is 0 Å². The van der Waals surface area contributed by atoms with Crippen molar-refractivity contribution in [2.45, 2.75) is 46.1 Å². The van der Waals surface area contributed by atoms with Gasteiger partial charge in [0.2, 0.25) is 11.8 Å². The lowest BCUT2D eigenvalue weighted by Gasteiger charge is -2.38. The highest BCUT2D eigenvalue weighted by molar-refractivity contribution is 5.79. The zero-order valence-electron chi connectivity index (χ0n) is 16.6. The number of aromatic nitrogens is 2. The van der Waals surface area contributed by atoms with Gasteiger partial charge >= 0.3 is 12.1 Å². The SMILES string of the molecule is Cc1nnc(N2CCN(C(=O)C3CCN(C(=O)OC(C)(C)C)CC3)CC2)o1. The highest BCUT2D eigenvalue weighted by atomic mass is 16.6. The molecule has 0 bridgehead atoms. The number of carbonyl (C=O) groups excluding carboxylic acids is 2. The van der Waals surface area contributed by atoms with Crippen molar-refractivity contribution < 1.29 is 18.7 Å². The van der Waals surface area contributed by atoms with E-state index in [1.807, 2.05) is 30.6 Å². The molecule has 2 aliphatic rings. The summed E-state index contributed by atoms with van der Waals surface area (Å²) < 4.78 is 10.9. The largest absolute Gasteiger partial charge is 0.444 e. The fourth-order valence-corrected chi connectivity index (χ4v) is 3.43. The van der Waals surface area contributed by atoms with Gasteiger partial charge in [-0.15, -0.1) is 5.10 Å². The maximum absolute atomic E-state index is 12.8. The van der Waals surface area contributed by atoms with Crippen molar-refractivity contribution >= 4 is 18.0 Å². The van der Waals surface area contributed by atoms with Gasteiger partial charge in [-0.25, -0.2) is 4.79 Å². The van der Waals surface area contributed by atoms with Crippen LogP contribution in [0.25, 0.3) is 0 Å². The number of rotatable bonds is 2. The molecule has 2 fully saturated rings. The van der Waals surface area contributed by atoms with E-state index in [0.717, 1.165) is 0 Å². The van der Waals surface area contributed by atoms with Gasteiger partial charge in [0.25, 0.3) is 0 Å². The van der Waals surface area contributed by atoms with E-state index in [4.69, 9.17) is 9.15 Å². The first kappa shape index (κ1) is 19.4. The van der Waals surface area contributed by atoms with Crippen molar-refractivity contribution in [2.75, 3.05) is 44.2 Å². The molecular weight excluding hydrogens is 350 g/mol. The molecule has 0 saturated carbocycles. The molecule has 3 rings (SSSR count). The Bertz CT molecular complexity index is 668. The molecule has 0 unspecified atom stereocenters. The molecule has 1 aromatic heterocycles. The van der Waals surface area contributed by atoms with Crippen molar-refractivity contribution in [3.63, 3.8) is 0 Å². The Morgan fingerprint density at radius 3 is 2.15 bits per heavy atom. The van der Waals surface area contributed by atoms with Crippen molar-refractivity contribution in [3.05, 3.63) is 5.89 Å². The number of likely N-dealkylation sites (tertiary alicyclic amines) is 1. The molecule has 3 heterocycles. The molecule has 0 spiro atoms. The monoisotopic (exact) mass is 379 g/mol. The predicted octanol–water partition coefficient (Wildman–Crippen LogP) is 1.67. The number of piperidine rings is 1. The summed E-state index contributed by atoms with van der Waals surface area (Å²) in [7, 11) is 0. The number of ether oxygens (including phenoxy) is 1. The summed E-state index contributed by atoms with van der Waals surface area (Å²) in [5.41, 5.74) is -0.500. The van der Waals surface area contributed by atoms with Crippen molar-refractivity contribution in [2.24, 2.45) is 5.92 Å². The highest BCUT2D eigenvalue weighted by Crippen LogP contribution is 2.23. The van der Waals surface area contributed by atoms with E-state index in [1.165, 1.54) is 0 Å². The van der Waals surface area contributed by atoms with E-state index < -0.39 is 5.60 Å². The molecule has 0 atom stereocenters. The van der Waals surface area contributed by atoms with Crippen LogP contribution >= 0.6 is 0 Å². The van der Waals surface area contributed by atoms with E-state index in [2.05, 4.69) is 10.2 Å². The lowest BCUT2D eigenvalue weighted by Crippen LogP contribution is -2.52. The van der Waals surface area contributed by atoms with Gasteiger partial charge in [-0.3, -0.25) is 4.79 Å². The number of nitrogens with zero attached hydrogens (tertiary/aromatic N) is 5. The van der Waals surface area contributed by atoms with E-state index in [-0.39, 0.29) is 17.9 Å². The second-order valence-corrected chi connectivity index (χ2v) is 8.16. The zero-order valence-corrected chi connectivity index (χ0v) is 16.6. The molecule has 150 valence electrons. The summed E-state index contributed by atoms with van der Waals surface area (Å²) >= 11 is 0. The van der Waals surface area contributed by atoms with Crippen LogP contribution in [0.1, 0.15) is 39.5 Å². The van der Waals surface area contributed by atoms with Crippen molar-refractivity contribution in [1.29, 1.82) is 0 Å². The summed E-state index contributed by atoms with van der Waals surface area (Å²) in [4.78, 5) is 30.6. The van der Waals surface area contributed by atoms with Gasteiger partial charge in [0.15, 0.2) is 0 Å². The number of hydrogen-bond donors (Lipinski definition) is 0. The first-order valence-electron chi connectivity index (χ1n) is 9.55. The van der Waals surface area contributed by atoms with Crippen LogP contribution in [-0.4, -0.2) is 76.9 Å². The molecular formula is C18H29N5O4. The quantitative estimate of drug-likeness (QED) is 0.772. The Kier molecular flexibility index (Phi) is 5.57. The lowest BCUT2D eigenvalue weighted by molar-refractivity contribution is -0.137. The summed E-state index contributed by atoms with van der Waals surface area (Å²) in [6, 6.07) is 0.519. The first-order chi connectivity index (χ1) is 12.7. The maximum atomic E-state index is 12.8. The number of piperazine rings is 1. The minimum Gasteiger partial charge on any atom is -0.444 e. The lowest BCUT2D eigenvalue weighted by atomic mass is 9.95. The zero-order chi connectivity index (χ0) is 19.6. The molecule has 27 heavy (non-hydrogen) atoms. The molecule has 0 aromatic carbocycles. The van der Waals surface area contributed by atoms with Crippen LogP contribution < -0.4 is 4.90 Å². The normalized spacial score (nSPS) is 19.3. The third-order valence-corrected chi connectivity index (χ3v) is 4.87. The second-order valence-electron chi connectivity index (χ2n) is 8.16. The van der Waals surface area contributed by atoms with E-state index >= 15 is 0 Å². The van der Waals surface area contributed by atoms with Gasteiger partial charge in [-0.1, -0.05) is 5.10 Å². The molecule has 9 nitrogen and oxygen atoms in total. The molecule has 9 heteroatoms. The van der Waals surface area contributed by atoms with E-state index in [0.29, 0.717) is 64.0 Å². The molecule has 2 aliphatic heterocycles. The Labute approximate surface area is 159 Å². The Morgan fingerprint density at radius 2 is 1.63 bits per heavy atom. The minimum absolute atomic E-state index is 0.0270. The number of aryl methyl sites for hydroxylation is 1. The van der Waals surface area contributed by atoms with Crippen LogP contribution in [0.3, 0.4) is 0 Å². The Morgan fingerprint density at radius 1 is 1.00 bits per heavy atom. The van der Waals surface area contributed by atoms with Gasteiger partial charge in [-0.05, 0) is 33.6 Å². The standard InChI is InChI=1S/C18H29N5O4/c1-13-19-20-16(26-13)22-11-9-21(10-12-22)15(24)14-5-7-23(8-6-14)17(25)27-18(2,3)4/h14H,5-12H2,1-4H3. The molecule has 1 aromatic rings. The fraction of sp³-hybridized carbons (Fsp3) is 0.778. The van der Waals surface area contributed by atoms with Gasteiger partial charge < -0.3 is 23.9 Å². The predicted molar refractivity (Wildman–Crippen MR) is 98.4 cm³/mol. The van der Waals surface area contributed by atoms with Crippen LogP contribution in [0.2, 0.25) is 0 Å². The van der Waals surface area contributed by atoms with Gasteiger partial charge in [0, 0.05) is 52.1 Å². The summed E-state index contributed by atoms with van der Waals surface area (Å²) in [6.45, 7) is 11.1. The fourth-order valence-electron chi connectivity index (χ4n) is 3.43. The average molecular weight is 379 g/mol. The van der Waals surface area contributed by atoms with Crippen LogP contribution in [0.15, 0.2) is 4.42 Å². The van der Waals surface area contributed by atoms with E-state index in [9.17, 15) is 9.59 Å².